The second-order valence-electron chi connectivity index (χ2n) is 28.5. The van der Waals surface area contributed by atoms with Gasteiger partial charge in [-0.25, -0.2) is 9.97 Å². The second-order valence-corrected chi connectivity index (χ2v) is 31.7. The number of hydrogen-bond acceptors (Lipinski definition) is 10. The van der Waals surface area contributed by atoms with Crippen molar-refractivity contribution in [2.75, 3.05) is 0 Å². The molecule has 12 heteroatoms. The molecule has 0 aliphatic carbocycles. The van der Waals surface area contributed by atoms with E-state index in [1.54, 1.807) is 72.0 Å². The molecule has 9 nitrogen and oxygen atoms in total. The Labute approximate surface area is 731 Å². The quantitative estimate of drug-likeness (QED) is 0.127. The number of aromatic nitrogens is 8. The van der Waals surface area contributed by atoms with Crippen molar-refractivity contribution in [1.29, 1.82) is 0 Å². The predicted molar refractivity (Wildman–Crippen MR) is 503 cm³/mol. The van der Waals surface area contributed by atoms with Gasteiger partial charge in [-0.05, 0) is 146 Å². The van der Waals surface area contributed by atoms with E-state index < -0.39 is 84.6 Å². The zero-order chi connectivity index (χ0) is 98.9. The van der Waals surface area contributed by atoms with E-state index in [9.17, 15) is 16.4 Å². The van der Waals surface area contributed by atoms with Crippen LogP contribution in [0.3, 0.4) is 0 Å². The first-order chi connectivity index (χ1) is 69.1. The van der Waals surface area contributed by atoms with Crippen LogP contribution in [0.4, 0.5) is 0 Å². The van der Waals surface area contributed by atoms with E-state index in [1.807, 2.05) is 152 Å². The number of thiophene rings is 3. The molecule has 0 fully saturated rings. The highest BCUT2D eigenvalue weighted by Crippen LogP contribution is 2.48. The number of benzene rings is 17. The molecule has 0 amide bonds. The van der Waals surface area contributed by atoms with Crippen LogP contribution in [0.25, 0.3) is 239 Å². The lowest BCUT2D eigenvalue weighted by molar-refractivity contribution is 0.669. The van der Waals surface area contributed by atoms with Crippen LogP contribution >= 0.6 is 34.0 Å². The minimum Gasteiger partial charge on any atom is -0.456 e. The molecule has 0 spiro atoms. The number of nitrogens with zero attached hydrogens (tertiary/aromatic N) is 8. The van der Waals surface area contributed by atoms with Gasteiger partial charge in [0.25, 0.3) is 0 Å². The Kier molecular flexibility index (Phi) is 11.7. The molecule has 0 unspecified atom stereocenters. The molecule has 25 rings (SSSR count). The summed E-state index contributed by atoms with van der Waals surface area (Å²) in [4.78, 5) is 30.5. The van der Waals surface area contributed by atoms with Crippen LogP contribution in [0, 0.1) is 0 Å². The Hall–Kier alpha value is -15.2. The van der Waals surface area contributed by atoms with E-state index in [4.69, 9.17) is 49.4 Å². The highest BCUT2D eigenvalue weighted by molar-refractivity contribution is 7.26. The molecule has 120 heavy (non-hydrogen) atoms. The third-order valence-corrected chi connectivity index (χ3v) is 24.8. The first-order valence-electron chi connectivity index (χ1n) is 49.7. The van der Waals surface area contributed by atoms with E-state index in [0.717, 1.165) is 87.0 Å². The summed E-state index contributed by atoms with van der Waals surface area (Å²) < 4.78 is 223. The van der Waals surface area contributed by atoms with Gasteiger partial charge in [0.1, 0.15) is 11.2 Å². The molecule has 0 aliphatic rings. The molecule has 0 aliphatic heterocycles. The minimum atomic E-state index is -0.639. The maximum Gasteiger partial charge on any atom is 0.238 e. The summed E-state index contributed by atoms with van der Waals surface area (Å²) in [5, 5.41) is 3.85. The largest absolute Gasteiger partial charge is 0.456 e. The lowest BCUT2D eigenvalue weighted by Gasteiger charge is -2.14. The Morgan fingerprint density at radius 2 is 0.642 bits per heavy atom. The first-order valence-corrected chi connectivity index (χ1v) is 40.7. The molecule has 25 aromatic rings. The van der Waals surface area contributed by atoms with Crippen molar-refractivity contribution in [1.82, 2.24) is 39.0 Å². The average Bonchev–Trinajstić information content (AvgIpc) is 1.52. The second kappa shape index (κ2) is 28.3. The standard InChI is InChI=1S/C57H34N4OS.C51H30N4S2/c1-4-15-35(16-5-1)39-31-40(36-17-6-2-7-18-36)33-41(32-39)56-58-55(38-27-28-45-49(34-38)62-48-25-14-23-42(52(45)48)37-19-8-3-9-20-37)59-57(60-56)61-47-24-12-10-21-43(47)44-29-30-51-53(54(44)61)46-22-11-13-26-50(46)63-51;1-3-13-31(14-4-1)33-17-11-18-34(29-33)49-52-50(35-25-26-40-45(30-35)57-43-24-12-21-36(46(40)43)32-15-5-2-6-16-32)54-51(53-49)55-41-22-9-7-19-37(41)38-27-28-44-47(48(38)55)39-20-8-10-23-42(39)56-44/h1-34H;1-30H/i10D,11D,12D,13D,21D,22D,24D,26D,29D,30D,31D,32D,33D;7D,8D,9D,10D,19D,20D,22D,23D,27D,28D. The molecule has 0 bridgehead atoms. The summed E-state index contributed by atoms with van der Waals surface area (Å²) in [6.45, 7) is 0. The fourth-order valence-corrected chi connectivity index (χ4v) is 19.3. The van der Waals surface area contributed by atoms with E-state index in [-0.39, 0.29) is 190 Å². The number of furan rings is 1. The summed E-state index contributed by atoms with van der Waals surface area (Å²) >= 11 is 3.49. The highest BCUT2D eigenvalue weighted by atomic mass is 32.1. The molecule has 0 atom stereocenters. The van der Waals surface area contributed by atoms with Crippen molar-refractivity contribution < 1.29 is 35.9 Å². The maximum atomic E-state index is 9.95. The van der Waals surface area contributed by atoms with Gasteiger partial charge in [0, 0.05) is 115 Å². The number of fused-ring (bicyclic) bond motifs is 20. The Bertz CT molecular complexity index is 9850. The summed E-state index contributed by atoms with van der Waals surface area (Å²) in [6, 6.07) is 69.2. The molecule has 8 aromatic heterocycles. The molecular weight excluding hydrogens is 1520 g/mol. The summed E-state index contributed by atoms with van der Waals surface area (Å²) in [5.41, 5.74) is 9.81. The topological polar surface area (TPSA) is 100 Å². The third kappa shape index (κ3) is 11.6. The lowest BCUT2D eigenvalue weighted by atomic mass is 9.96. The van der Waals surface area contributed by atoms with Crippen molar-refractivity contribution >= 4 is 160 Å². The molecule has 0 saturated carbocycles. The normalized spacial score (nSPS) is 14.5. The van der Waals surface area contributed by atoms with Gasteiger partial charge in [-0.3, -0.25) is 9.13 Å². The van der Waals surface area contributed by atoms with Gasteiger partial charge in [0.15, 0.2) is 23.3 Å². The van der Waals surface area contributed by atoms with Gasteiger partial charge in [-0.2, -0.15) is 19.9 Å². The maximum absolute atomic E-state index is 9.95. The number of para-hydroxylation sites is 2. The van der Waals surface area contributed by atoms with Gasteiger partial charge in [0.2, 0.25) is 11.9 Å². The zero-order valence-electron chi connectivity index (χ0n) is 85.4. The summed E-state index contributed by atoms with van der Waals surface area (Å²) in [7, 11) is 0. The fourth-order valence-electron chi connectivity index (χ4n) is 16.2. The Morgan fingerprint density at radius 3 is 1.18 bits per heavy atom. The predicted octanol–water partition coefficient (Wildman–Crippen LogP) is 29.9. The van der Waals surface area contributed by atoms with Crippen molar-refractivity contribution in [3.05, 3.63) is 388 Å². The monoisotopic (exact) mass is 1610 g/mol. The van der Waals surface area contributed by atoms with Crippen molar-refractivity contribution in [2.45, 2.75) is 0 Å². The SMILES string of the molecule is [2H]c1c(-c2ccccc2)c([2H])c(-c2nc(-c3ccc4c(c3)oc3cccc(-c5ccccc5)c34)nc(-n3c4c([2H])c([2H])c([2H])c([2H])c4c4c([2H])c([2H])c5sc6c([2H])c([2H])c([2H])c([2H])c6c5c43)n2)c([2H])c1-c1ccccc1.[2H]c1c([2H])c([2H])c2c(sc3c([2H])c([2H])c4c5c([2H])c([2H])c([2H])c([2H])c5n(-c5nc(-c6cccc(-c7ccccc7)c6)nc(-c6ccc7c(c6)sc6cccc(-c8ccccc8)c67)n5)c4c32)c1[2H]. The van der Waals surface area contributed by atoms with Gasteiger partial charge in [0.05, 0.1) is 53.6 Å². The molecule has 560 valence electrons. The minimum absolute atomic E-state index is 0.00196. The van der Waals surface area contributed by atoms with Gasteiger partial charge in [-0.15, -0.1) is 34.0 Å². The first kappa shape index (κ1) is 49.7. The van der Waals surface area contributed by atoms with E-state index in [2.05, 4.69) is 36.4 Å². The van der Waals surface area contributed by atoms with Crippen LogP contribution < -0.4 is 0 Å². The van der Waals surface area contributed by atoms with Gasteiger partial charge in [-0.1, -0.05) is 297 Å². The van der Waals surface area contributed by atoms with Crippen LogP contribution in [-0.2, 0) is 0 Å². The molecule has 0 N–H and O–H groups in total. The molecule has 0 saturated heterocycles. The molecule has 0 radical (unpaired) electrons. The smallest absolute Gasteiger partial charge is 0.238 e. The highest BCUT2D eigenvalue weighted by Gasteiger charge is 2.27. The molecule has 17 aromatic carbocycles. The van der Waals surface area contributed by atoms with Crippen LogP contribution in [0.5, 0.6) is 0 Å². The van der Waals surface area contributed by atoms with Crippen LogP contribution in [0.2, 0.25) is 0 Å². The van der Waals surface area contributed by atoms with Crippen LogP contribution in [0.15, 0.2) is 392 Å². The molecule has 8 heterocycles. The zero-order valence-corrected chi connectivity index (χ0v) is 64.8. The lowest BCUT2D eigenvalue weighted by Crippen LogP contribution is -2.06. The fraction of sp³-hybridized carbons (Fsp3) is 0. The van der Waals surface area contributed by atoms with Crippen molar-refractivity contribution in [3.8, 4) is 113 Å². The van der Waals surface area contributed by atoms with E-state index >= 15 is 0 Å². The van der Waals surface area contributed by atoms with Crippen LogP contribution in [0.1, 0.15) is 31.5 Å². The average molecular weight is 1610 g/mol. The molecular formula is C108H64N8OS3. The van der Waals surface area contributed by atoms with Crippen molar-refractivity contribution in [3.63, 3.8) is 0 Å². The summed E-state index contributed by atoms with van der Waals surface area (Å²) in [6.07, 6.45) is 0. The number of rotatable bonds is 11. The van der Waals surface area contributed by atoms with Gasteiger partial charge >= 0.3 is 0 Å². The van der Waals surface area contributed by atoms with E-state index in [0.29, 0.717) is 39.0 Å². The van der Waals surface area contributed by atoms with E-state index in [1.165, 1.54) is 9.13 Å². The summed E-state index contributed by atoms with van der Waals surface area (Å²) in [5.74, 6) is -0.136. The van der Waals surface area contributed by atoms with Gasteiger partial charge < -0.3 is 4.42 Å². The Balaban J connectivity index is 0.000000155. The number of hydrogen-bond donors (Lipinski definition) is 0. The van der Waals surface area contributed by atoms with Crippen LogP contribution in [-0.4, -0.2) is 39.0 Å². The Morgan fingerprint density at radius 1 is 0.233 bits per heavy atom. The third-order valence-electron chi connectivity index (χ3n) is 21.6. The van der Waals surface area contributed by atoms with Crippen molar-refractivity contribution in [2.24, 2.45) is 0 Å².